The molecule has 12 atom stereocenters. The van der Waals surface area contributed by atoms with Crippen molar-refractivity contribution in [3.05, 3.63) is 69.0 Å². The molecule has 2 saturated heterocycles. The van der Waals surface area contributed by atoms with Crippen LogP contribution in [0.5, 0.6) is 23.0 Å². The lowest BCUT2D eigenvalue weighted by Gasteiger charge is -2.47. The second-order valence-corrected chi connectivity index (χ2v) is 15.0. The number of esters is 1. The predicted octanol–water partition coefficient (Wildman–Crippen LogP) is -1.91. The Morgan fingerprint density at radius 3 is 2.35 bits per heavy atom. The van der Waals surface area contributed by atoms with Gasteiger partial charge in [0.1, 0.15) is 64.9 Å². The number of carbonyl (C=O) groups excluding carboxylic acids is 1. The Morgan fingerprint density at radius 2 is 1.67 bits per heavy atom. The number of hydrogen-bond acceptors (Lipinski definition) is 20. The molecule has 2 aromatic carbocycles. The number of aliphatic hydroxyl groups excluding tert-OH is 7. The Kier molecular flexibility index (Phi) is 11.6. The van der Waals surface area contributed by atoms with Crippen molar-refractivity contribution >= 4 is 22.9 Å². The molecule has 324 valence electrons. The number of ether oxygens (including phenoxy) is 4. The van der Waals surface area contributed by atoms with Gasteiger partial charge in [-0.05, 0) is 42.5 Å². The number of nitrogens with two attached hydrogens (primary N) is 1. The van der Waals surface area contributed by atoms with Crippen LogP contribution in [0.25, 0.3) is 22.3 Å². The molecule has 2 fully saturated rings. The zero-order valence-electron chi connectivity index (χ0n) is 31.6. The van der Waals surface area contributed by atoms with Gasteiger partial charge >= 0.3 is 11.9 Å². The third-order valence-electron chi connectivity index (χ3n) is 11.3. The van der Waals surface area contributed by atoms with Crippen LogP contribution < -0.4 is 21.2 Å². The number of carboxylic acid groups (broad SMARTS) is 1. The largest absolute Gasteiger partial charge is 0.507 e. The van der Waals surface area contributed by atoms with E-state index in [-0.39, 0.29) is 52.0 Å². The summed E-state index contributed by atoms with van der Waals surface area (Å²) in [6.07, 6.45) is -17.1. The summed E-state index contributed by atoms with van der Waals surface area (Å²) in [5, 5.41) is 119. The second kappa shape index (κ2) is 16.3. The number of aliphatic hydroxyl groups is 7. The van der Waals surface area contributed by atoms with Crippen molar-refractivity contribution in [1.82, 2.24) is 5.32 Å². The van der Waals surface area contributed by atoms with Gasteiger partial charge < -0.3 is 90.6 Å². The monoisotopic (exact) mass is 844 g/mol. The maximum absolute atomic E-state index is 13.8. The molecule has 21 heteroatoms. The molecule has 1 spiro atoms. The summed E-state index contributed by atoms with van der Waals surface area (Å²) in [6, 6.07) is 4.70. The molecular formula is C39H44N2O19. The van der Waals surface area contributed by atoms with Gasteiger partial charge in [-0.15, -0.1) is 0 Å². The van der Waals surface area contributed by atoms with Crippen LogP contribution in [0.4, 0.5) is 0 Å². The van der Waals surface area contributed by atoms with Gasteiger partial charge in [0.2, 0.25) is 12.1 Å². The minimum atomic E-state index is -2.48. The minimum absolute atomic E-state index is 0.0244. The van der Waals surface area contributed by atoms with Crippen molar-refractivity contribution in [1.29, 1.82) is 0 Å². The molecule has 0 bridgehead atoms. The molecule has 0 radical (unpaired) electrons. The summed E-state index contributed by atoms with van der Waals surface area (Å²) >= 11 is 0. The van der Waals surface area contributed by atoms with Gasteiger partial charge in [0.15, 0.2) is 29.1 Å². The molecule has 7 rings (SSSR count). The number of benzene rings is 2. The predicted molar refractivity (Wildman–Crippen MR) is 200 cm³/mol. The summed E-state index contributed by atoms with van der Waals surface area (Å²) in [5.41, 5.74) is 6.63. The lowest BCUT2D eigenvalue weighted by molar-refractivity contribution is -0.338. The fourth-order valence-corrected chi connectivity index (χ4v) is 8.00. The third kappa shape index (κ3) is 7.31. The van der Waals surface area contributed by atoms with Crippen LogP contribution in [-0.2, 0) is 30.2 Å². The minimum Gasteiger partial charge on any atom is -0.507 e. The van der Waals surface area contributed by atoms with E-state index >= 15 is 0 Å². The van der Waals surface area contributed by atoms with Gasteiger partial charge in [0.25, 0.3) is 0 Å². The maximum atomic E-state index is 13.8. The highest BCUT2D eigenvalue weighted by Crippen LogP contribution is 2.52. The van der Waals surface area contributed by atoms with E-state index in [0.29, 0.717) is 12.0 Å². The van der Waals surface area contributed by atoms with E-state index in [0.717, 1.165) is 17.7 Å². The molecule has 0 amide bonds. The number of nitrogens with one attached hydrogen (secondary N) is 1. The number of aromatic hydroxyl groups is 3. The highest BCUT2D eigenvalue weighted by molar-refractivity contribution is 5.89. The smallest absolute Gasteiger partial charge is 0.340 e. The fraction of sp³-hybridized carbons (Fsp3) is 0.462. The highest BCUT2D eigenvalue weighted by atomic mass is 16.8. The highest BCUT2D eigenvalue weighted by Gasteiger charge is 2.60. The third-order valence-corrected chi connectivity index (χ3v) is 11.3. The Labute approximate surface area is 338 Å². The number of carboxylic acids is 1. The normalized spacial score (nSPS) is 32.9. The molecular weight excluding hydrogens is 800 g/mol. The van der Waals surface area contributed by atoms with Crippen molar-refractivity contribution < 1.29 is 89.1 Å². The van der Waals surface area contributed by atoms with E-state index in [1.54, 1.807) is 12.3 Å². The molecule has 1 unspecified atom stereocenters. The first-order valence-corrected chi connectivity index (χ1v) is 18.9. The molecule has 14 N–H and O–H groups in total. The lowest BCUT2D eigenvalue weighted by Crippen LogP contribution is -2.68. The van der Waals surface area contributed by atoms with Gasteiger partial charge in [-0.3, -0.25) is 4.79 Å². The molecule has 0 aliphatic carbocycles. The maximum Gasteiger partial charge on any atom is 0.340 e. The average Bonchev–Trinajstić information content (AvgIpc) is 3.37. The molecule has 3 aromatic rings. The van der Waals surface area contributed by atoms with Crippen LogP contribution in [-0.4, -0.2) is 142 Å². The van der Waals surface area contributed by atoms with Crippen LogP contribution in [0.15, 0.2) is 56.9 Å². The first-order chi connectivity index (χ1) is 28.4. The average molecular weight is 845 g/mol. The van der Waals surface area contributed by atoms with Crippen LogP contribution in [0.1, 0.15) is 43.2 Å². The number of carbonyl (C=O) groups is 2. The molecule has 4 aliphatic rings. The number of rotatable bonds is 8. The standard InChI is InChI=1S/C39H44N2O19/c1-2-13-7-16(12-41-35(13)40)17-3-5-39(34(52)30(50)29(49)33(60-39)37(55)58-38-31(51)27(47)28(48)32(57-38)36(53)54)59-22-11-21-24(26(46)23(17)22)18(43)10-20(56-21)15-8-14(4-6-42)25(45)19(44)9-15/h7-12,17,27-35,38,41-42,44-52H,2-6,40H2,1H3,(H,53,54)/t17-,27+,28+,29+,30+,31-,32+,33+,34-,35?,38-,39+/m1/s1. The molecule has 0 saturated carbocycles. The second-order valence-electron chi connectivity index (χ2n) is 15.0. The number of aliphatic carboxylic acids is 1. The quantitative estimate of drug-likeness (QED) is 0.0869. The number of phenols is 3. The lowest BCUT2D eigenvalue weighted by atomic mass is 9.81. The number of fused-ring (bicyclic) bond motifs is 2. The van der Waals surface area contributed by atoms with Crippen LogP contribution in [0.3, 0.4) is 0 Å². The first kappa shape index (κ1) is 42.8. The van der Waals surface area contributed by atoms with E-state index in [9.17, 15) is 70.6 Å². The Balaban J connectivity index is 1.34. The topological polar surface area (TPSA) is 362 Å². The zero-order valence-corrected chi connectivity index (χ0v) is 31.6. The summed E-state index contributed by atoms with van der Waals surface area (Å²) in [5.74, 6) is -8.91. The molecule has 60 heavy (non-hydrogen) atoms. The van der Waals surface area contributed by atoms with E-state index in [1.807, 2.05) is 6.92 Å². The van der Waals surface area contributed by atoms with Gasteiger partial charge in [0, 0.05) is 54.0 Å². The molecule has 4 aliphatic heterocycles. The summed E-state index contributed by atoms with van der Waals surface area (Å²) in [6.45, 7) is 1.47. The van der Waals surface area contributed by atoms with Gasteiger partial charge in [0.05, 0.1) is 6.17 Å². The number of dihydropyridines is 1. The van der Waals surface area contributed by atoms with Crippen molar-refractivity contribution in [3.63, 3.8) is 0 Å². The number of hydrogen-bond donors (Lipinski definition) is 13. The fourth-order valence-electron chi connectivity index (χ4n) is 8.00. The van der Waals surface area contributed by atoms with E-state index < -0.39 is 121 Å². The summed E-state index contributed by atoms with van der Waals surface area (Å²) in [7, 11) is 0. The molecule has 21 nitrogen and oxygen atoms in total. The van der Waals surface area contributed by atoms with E-state index in [1.165, 1.54) is 12.1 Å². The number of allylic oxidation sites excluding steroid dienone is 2. The van der Waals surface area contributed by atoms with Crippen LogP contribution in [0.2, 0.25) is 0 Å². The summed E-state index contributed by atoms with van der Waals surface area (Å²) < 4.78 is 28.5. The van der Waals surface area contributed by atoms with E-state index in [2.05, 4.69) is 5.32 Å². The van der Waals surface area contributed by atoms with Gasteiger partial charge in [-0.2, -0.15) is 0 Å². The van der Waals surface area contributed by atoms with Gasteiger partial charge in [-0.25, -0.2) is 9.59 Å². The molecule has 5 heterocycles. The van der Waals surface area contributed by atoms with Crippen LogP contribution in [0, 0.1) is 0 Å². The Morgan fingerprint density at radius 1 is 0.950 bits per heavy atom. The SMILES string of the molecule is CCC1=CC([C@H]2CC[C@]3(Oc4cc5oc(-c6cc(O)c(O)c(CCO)c6)cc(=O)c5c(O)c42)O[C@H](C(=O)O[C@H]2O[C@H](C(=O)O)[C@@H](O)[C@H](O)[C@H]2O)[C@@H](O)[C@H](O)[C@H]3O)=CNC1N. The van der Waals surface area contributed by atoms with Crippen molar-refractivity contribution in [2.75, 3.05) is 6.61 Å². The van der Waals surface area contributed by atoms with Crippen molar-refractivity contribution in [2.24, 2.45) is 5.73 Å². The van der Waals surface area contributed by atoms with Gasteiger partial charge in [-0.1, -0.05) is 13.0 Å². The Bertz CT molecular complexity index is 2310. The van der Waals surface area contributed by atoms with Crippen molar-refractivity contribution in [3.8, 4) is 34.3 Å². The molecule has 1 aromatic heterocycles. The summed E-state index contributed by atoms with van der Waals surface area (Å²) in [4.78, 5) is 39.1. The number of phenolic OH excluding ortho intramolecular Hbond substituents is 3. The van der Waals surface area contributed by atoms with Crippen LogP contribution >= 0.6 is 0 Å². The van der Waals surface area contributed by atoms with E-state index in [4.69, 9.17) is 29.1 Å². The zero-order chi connectivity index (χ0) is 43.5. The Hall–Kier alpha value is -5.33. The van der Waals surface area contributed by atoms with Crippen molar-refractivity contribution in [2.45, 2.75) is 106 Å². The first-order valence-electron chi connectivity index (χ1n) is 18.9.